The maximum atomic E-state index is 11.4. The number of hydrogen-bond donors (Lipinski definition) is 0. The normalized spacial score (nSPS) is 17.1. The number of para-hydroxylation sites is 1. The Hall–Kier alpha value is -1.97. The van der Waals surface area contributed by atoms with Crippen molar-refractivity contribution in [1.82, 2.24) is 0 Å². The first-order valence-electron chi connectivity index (χ1n) is 5.35. The highest BCUT2D eigenvalue weighted by atomic mass is 16.5. The first kappa shape index (κ1) is 11.5. The standard InChI is InChI=1S/C13H14O4/c1-15-11-5-3-4-9(12(11)16-2)8-10-6-7-17-13(10)14/h3-5,8H,6-7H2,1-2H3/b10-8+. The van der Waals surface area contributed by atoms with E-state index in [9.17, 15) is 4.79 Å². The molecule has 1 aliphatic rings. The number of carbonyl (C=O) groups excluding carboxylic acids is 1. The summed E-state index contributed by atoms with van der Waals surface area (Å²) in [6, 6.07) is 5.54. The molecule has 0 saturated carbocycles. The molecule has 0 N–H and O–H groups in total. The SMILES string of the molecule is COc1cccc(/C=C2\CCOC2=O)c1OC. The van der Waals surface area contributed by atoms with Crippen LogP contribution in [0.5, 0.6) is 11.5 Å². The molecule has 0 spiro atoms. The summed E-state index contributed by atoms with van der Waals surface area (Å²) in [6.45, 7) is 0.455. The maximum Gasteiger partial charge on any atom is 0.334 e. The molecule has 1 aliphatic heterocycles. The molecule has 0 aromatic heterocycles. The van der Waals surface area contributed by atoms with Gasteiger partial charge in [-0.05, 0) is 12.1 Å². The number of benzene rings is 1. The van der Waals surface area contributed by atoms with Gasteiger partial charge in [0, 0.05) is 17.6 Å². The second kappa shape index (κ2) is 4.91. The minimum absolute atomic E-state index is 0.255. The Morgan fingerprint density at radius 2 is 2.12 bits per heavy atom. The van der Waals surface area contributed by atoms with E-state index in [1.807, 2.05) is 18.2 Å². The van der Waals surface area contributed by atoms with Crippen LogP contribution in [0.15, 0.2) is 23.8 Å². The zero-order valence-corrected chi connectivity index (χ0v) is 9.86. The molecular weight excluding hydrogens is 220 g/mol. The third kappa shape index (κ3) is 2.25. The van der Waals surface area contributed by atoms with E-state index in [2.05, 4.69) is 0 Å². The van der Waals surface area contributed by atoms with Crippen molar-refractivity contribution in [2.75, 3.05) is 20.8 Å². The Labute approximate surface area is 99.8 Å². The van der Waals surface area contributed by atoms with Crippen LogP contribution in [0, 0.1) is 0 Å². The fourth-order valence-corrected chi connectivity index (χ4v) is 1.79. The zero-order chi connectivity index (χ0) is 12.3. The number of rotatable bonds is 3. The van der Waals surface area contributed by atoms with Crippen molar-refractivity contribution in [1.29, 1.82) is 0 Å². The summed E-state index contributed by atoms with van der Waals surface area (Å²) in [5.74, 6) is 1.02. The highest BCUT2D eigenvalue weighted by molar-refractivity contribution is 5.95. The topological polar surface area (TPSA) is 44.8 Å². The number of hydrogen-bond acceptors (Lipinski definition) is 4. The molecule has 90 valence electrons. The minimum Gasteiger partial charge on any atom is -0.493 e. The average Bonchev–Trinajstić information content (AvgIpc) is 2.74. The summed E-state index contributed by atoms with van der Waals surface area (Å²) in [6.07, 6.45) is 2.43. The van der Waals surface area contributed by atoms with Gasteiger partial charge in [-0.3, -0.25) is 0 Å². The van der Waals surface area contributed by atoms with Gasteiger partial charge in [0.1, 0.15) is 0 Å². The van der Waals surface area contributed by atoms with Crippen LogP contribution in [0.25, 0.3) is 6.08 Å². The summed E-state index contributed by atoms with van der Waals surface area (Å²) >= 11 is 0. The molecular formula is C13H14O4. The van der Waals surface area contributed by atoms with E-state index in [0.717, 1.165) is 5.56 Å². The Kier molecular flexibility index (Phi) is 3.32. The molecule has 0 radical (unpaired) electrons. The Bertz CT molecular complexity index is 462. The lowest BCUT2D eigenvalue weighted by molar-refractivity contribution is -0.134. The van der Waals surface area contributed by atoms with Gasteiger partial charge in [-0.1, -0.05) is 12.1 Å². The first-order valence-corrected chi connectivity index (χ1v) is 5.35. The van der Waals surface area contributed by atoms with E-state index in [0.29, 0.717) is 30.1 Å². The van der Waals surface area contributed by atoms with Crippen LogP contribution in [0.1, 0.15) is 12.0 Å². The second-order valence-corrected chi connectivity index (χ2v) is 3.64. The summed E-state index contributed by atoms with van der Waals surface area (Å²) in [7, 11) is 3.16. The van der Waals surface area contributed by atoms with Crippen molar-refractivity contribution in [2.24, 2.45) is 0 Å². The van der Waals surface area contributed by atoms with Crippen molar-refractivity contribution in [2.45, 2.75) is 6.42 Å². The van der Waals surface area contributed by atoms with Crippen LogP contribution in [-0.2, 0) is 9.53 Å². The lowest BCUT2D eigenvalue weighted by atomic mass is 10.1. The predicted octanol–water partition coefficient (Wildman–Crippen LogP) is 2.03. The van der Waals surface area contributed by atoms with Crippen LogP contribution in [0.2, 0.25) is 0 Å². The maximum absolute atomic E-state index is 11.4. The van der Waals surface area contributed by atoms with Gasteiger partial charge in [-0.2, -0.15) is 0 Å². The Morgan fingerprint density at radius 1 is 1.29 bits per heavy atom. The number of ether oxygens (including phenoxy) is 3. The van der Waals surface area contributed by atoms with Gasteiger partial charge in [0.2, 0.25) is 0 Å². The number of carbonyl (C=O) groups is 1. The van der Waals surface area contributed by atoms with Crippen LogP contribution >= 0.6 is 0 Å². The third-order valence-corrected chi connectivity index (χ3v) is 2.63. The van der Waals surface area contributed by atoms with Crippen molar-refractivity contribution in [3.63, 3.8) is 0 Å². The molecule has 0 unspecified atom stereocenters. The van der Waals surface area contributed by atoms with Crippen LogP contribution in [0.4, 0.5) is 0 Å². The first-order chi connectivity index (χ1) is 8.26. The van der Waals surface area contributed by atoms with E-state index in [1.165, 1.54) is 0 Å². The van der Waals surface area contributed by atoms with E-state index >= 15 is 0 Å². The summed E-state index contributed by atoms with van der Waals surface area (Å²) < 4.78 is 15.4. The fraction of sp³-hybridized carbons (Fsp3) is 0.308. The molecule has 0 amide bonds. The van der Waals surface area contributed by atoms with Gasteiger partial charge in [0.15, 0.2) is 11.5 Å². The van der Waals surface area contributed by atoms with Crippen LogP contribution in [-0.4, -0.2) is 26.8 Å². The van der Waals surface area contributed by atoms with Crippen LogP contribution < -0.4 is 9.47 Å². The van der Waals surface area contributed by atoms with Gasteiger partial charge < -0.3 is 14.2 Å². The minimum atomic E-state index is -0.255. The number of esters is 1. The van der Waals surface area contributed by atoms with Crippen molar-refractivity contribution in [3.8, 4) is 11.5 Å². The molecule has 4 heteroatoms. The van der Waals surface area contributed by atoms with Crippen LogP contribution in [0.3, 0.4) is 0 Å². The highest BCUT2D eigenvalue weighted by Gasteiger charge is 2.19. The summed E-state index contributed by atoms with van der Waals surface area (Å²) in [4.78, 5) is 11.4. The van der Waals surface area contributed by atoms with Gasteiger partial charge >= 0.3 is 5.97 Å². The van der Waals surface area contributed by atoms with Gasteiger partial charge in [0.25, 0.3) is 0 Å². The summed E-state index contributed by atoms with van der Waals surface area (Å²) in [5.41, 5.74) is 1.48. The highest BCUT2D eigenvalue weighted by Crippen LogP contribution is 2.33. The average molecular weight is 234 g/mol. The van der Waals surface area contributed by atoms with Crippen molar-refractivity contribution < 1.29 is 19.0 Å². The Morgan fingerprint density at radius 3 is 2.71 bits per heavy atom. The van der Waals surface area contributed by atoms with E-state index in [1.54, 1.807) is 20.3 Å². The monoisotopic (exact) mass is 234 g/mol. The molecule has 1 aromatic carbocycles. The molecule has 1 fully saturated rings. The quantitative estimate of drug-likeness (QED) is 0.593. The molecule has 2 rings (SSSR count). The van der Waals surface area contributed by atoms with E-state index in [-0.39, 0.29) is 5.97 Å². The van der Waals surface area contributed by atoms with Gasteiger partial charge in [-0.25, -0.2) is 4.79 Å². The molecule has 0 aliphatic carbocycles. The smallest absolute Gasteiger partial charge is 0.334 e. The lowest BCUT2D eigenvalue weighted by Crippen LogP contribution is -1.96. The molecule has 4 nitrogen and oxygen atoms in total. The van der Waals surface area contributed by atoms with Crippen molar-refractivity contribution in [3.05, 3.63) is 29.3 Å². The molecule has 1 saturated heterocycles. The molecule has 0 bridgehead atoms. The number of cyclic esters (lactones) is 1. The largest absolute Gasteiger partial charge is 0.493 e. The van der Waals surface area contributed by atoms with E-state index in [4.69, 9.17) is 14.2 Å². The second-order valence-electron chi connectivity index (χ2n) is 3.64. The third-order valence-electron chi connectivity index (χ3n) is 2.63. The molecule has 17 heavy (non-hydrogen) atoms. The van der Waals surface area contributed by atoms with Gasteiger partial charge in [0.05, 0.1) is 20.8 Å². The Balaban J connectivity index is 2.41. The fourth-order valence-electron chi connectivity index (χ4n) is 1.79. The molecule has 1 heterocycles. The molecule has 0 atom stereocenters. The van der Waals surface area contributed by atoms with E-state index < -0.39 is 0 Å². The lowest BCUT2D eigenvalue weighted by Gasteiger charge is -2.10. The van der Waals surface area contributed by atoms with Crippen molar-refractivity contribution >= 4 is 12.0 Å². The molecule has 1 aromatic rings. The zero-order valence-electron chi connectivity index (χ0n) is 9.86. The predicted molar refractivity (Wildman–Crippen MR) is 63.1 cm³/mol. The van der Waals surface area contributed by atoms with Gasteiger partial charge in [-0.15, -0.1) is 0 Å². The number of methoxy groups -OCH3 is 2. The summed E-state index contributed by atoms with van der Waals surface area (Å²) in [5, 5.41) is 0.